The number of benzene rings is 1. The molecule has 0 atom stereocenters. The van der Waals surface area contributed by atoms with E-state index in [1.165, 1.54) is 0 Å². The maximum Gasteiger partial charge on any atom is 0.272 e. The Balaban J connectivity index is 1.91. The molecule has 5 heteroatoms. The number of nitrogens with one attached hydrogen (secondary N) is 2. The maximum absolute atomic E-state index is 12.3. The summed E-state index contributed by atoms with van der Waals surface area (Å²) in [4.78, 5) is 19.6. The van der Waals surface area contributed by atoms with Crippen LogP contribution in [0, 0.1) is 6.92 Å². The minimum Gasteiger partial charge on any atom is -0.495 e. The van der Waals surface area contributed by atoms with E-state index in [1.54, 1.807) is 19.4 Å². The Kier molecular flexibility index (Phi) is 3.31. The van der Waals surface area contributed by atoms with Crippen LogP contribution < -0.4 is 10.1 Å². The van der Waals surface area contributed by atoms with Crippen molar-refractivity contribution in [2.24, 2.45) is 0 Å². The van der Waals surface area contributed by atoms with Crippen LogP contribution in [-0.4, -0.2) is 23.0 Å². The van der Waals surface area contributed by atoms with Gasteiger partial charge in [-0.15, -0.1) is 0 Å². The Labute approximate surface area is 122 Å². The highest BCUT2D eigenvalue weighted by atomic mass is 16.5. The fraction of sp³-hybridized carbons (Fsp3) is 0.125. The van der Waals surface area contributed by atoms with Gasteiger partial charge in [0.1, 0.15) is 11.4 Å². The Morgan fingerprint density at radius 3 is 2.90 bits per heavy atom. The van der Waals surface area contributed by atoms with Crippen LogP contribution in [0.15, 0.2) is 42.6 Å². The second kappa shape index (κ2) is 5.28. The van der Waals surface area contributed by atoms with E-state index in [9.17, 15) is 4.79 Å². The van der Waals surface area contributed by atoms with Crippen LogP contribution in [0.5, 0.6) is 5.75 Å². The third-order valence-corrected chi connectivity index (χ3v) is 3.24. The van der Waals surface area contributed by atoms with Gasteiger partial charge in [-0.25, -0.2) is 0 Å². The van der Waals surface area contributed by atoms with E-state index in [2.05, 4.69) is 15.3 Å². The Morgan fingerprint density at radius 1 is 1.29 bits per heavy atom. The highest BCUT2D eigenvalue weighted by Crippen LogP contribution is 2.26. The van der Waals surface area contributed by atoms with E-state index in [1.807, 2.05) is 37.3 Å². The third kappa shape index (κ3) is 2.58. The van der Waals surface area contributed by atoms with Crippen molar-refractivity contribution in [2.45, 2.75) is 6.92 Å². The molecule has 1 aromatic carbocycles. The number of aromatic amines is 1. The number of fused-ring (bicyclic) bond motifs is 1. The van der Waals surface area contributed by atoms with Crippen molar-refractivity contribution >= 4 is 22.6 Å². The number of hydrogen-bond acceptors (Lipinski definition) is 3. The minimum absolute atomic E-state index is 0.225. The number of anilines is 1. The number of amides is 1. The minimum atomic E-state index is -0.225. The van der Waals surface area contributed by atoms with Crippen LogP contribution in [0.3, 0.4) is 0 Å². The molecule has 0 unspecified atom stereocenters. The molecule has 0 spiro atoms. The van der Waals surface area contributed by atoms with Crippen LogP contribution in [0.25, 0.3) is 11.0 Å². The zero-order valence-electron chi connectivity index (χ0n) is 11.8. The highest BCUT2D eigenvalue weighted by Gasteiger charge is 2.12. The zero-order chi connectivity index (χ0) is 14.8. The summed E-state index contributed by atoms with van der Waals surface area (Å²) >= 11 is 0. The molecule has 3 rings (SSSR count). The topological polar surface area (TPSA) is 67.0 Å². The Hall–Kier alpha value is -2.82. The van der Waals surface area contributed by atoms with Crippen molar-refractivity contribution in [3.8, 4) is 5.75 Å². The van der Waals surface area contributed by atoms with Crippen molar-refractivity contribution < 1.29 is 9.53 Å². The number of carbonyl (C=O) groups is 1. The molecule has 0 radical (unpaired) electrons. The summed E-state index contributed by atoms with van der Waals surface area (Å²) in [5.74, 6) is 0.403. The highest BCUT2D eigenvalue weighted by molar-refractivity contribution is 6.06. The van der Waals surface area contributed by atoms with Crippen molar-refractivity contribution in [1.82, 2.24) is 9.97 Å². The van der Waals surface area contributed by atoms with E-state index in [0.29, 0.717) is 17.1 Å². The average molecular weight is 281 g/mol. The lowest BCUT2D eigenvalue weighted by molar-refractivity contribution is 0.102. The number of H-pyrrole nitrogens is 1. The van der Waals surface area contributed by atoms with Gasteiger partial charge in [-0.2, -0.15) is 0 Å². The van der Waals surface area contributed by atoms with Gasteiger partial charge in [0.05, 0.1) is 23.8 Å². The van der Waals surface area contributed by atoms with Crippen LogP contribution in [0.4, 0.5) is 5.69 Å². The van der Waals surface area contributed by atoms with Gasteiger partial charge >= 0.3 is 0 Å². The Bertz CT molecular complexity index is 775. The standard InChI is InChI=1S/C16H15N3O2/c1-10-5-6-15(21-2)13(8-10)19-16(20)14-9-12-11(18-14)4-3-7-17-12/h3-9,18H,1-2H3,(H,19,20). The predicted molar refractivity (Wildman–Crippen MR) is 81.8 cm³/mol. The molecule has 0 saturated carbocycles. The Morgan fingerprint density at radius 2 is 2.14 bits per heavy atom. The largest absolute Gasteiger partial charge is 0.495 e. The van der Waals surface area contributed by atoms with Gasteiger partial charge in [0.15, 0.2) is 0 Å². The molecule has 0 aliphatic heterocycles. The van der Waals surface area contributed by atoms with Gasteiger partial charge in [0, 0.05) is 6.20 Å². The fourth-order valence-corrected chi connectivity index (χ4v) is 2.19. The van der Waals surface area contributed by atoms with E-state index in [-0.39, 0.29) is 5.91 Å². The summed E-state index contributed by atoms with van der Waals surface area (Å²) in [6.45, 7) is 1.96. The number of aryl methyl sites for hydroxylation is 1. The van der Waals surface area contributed by atoms with Crippen LogP contribution in [0.2, 0.25) is 0 Å². The van der Waals surface area contributed by atoms with Gasteiger partial charge in [-0.1, -0.05) is 6.07 Å². The van der Waals surface area contributed by atoms with Crippen LogP contribution in [-0.2, 0) is 0 Å². The lowest BCUT2D eigenvalue weighted by Gasteiger charge is -2.10. The first-order chi connectivity index (χ1) is 10.2. The third-order valence-electron chi connectivity index (χ3n) is 3.24. The number of methoxy groups -OCH3 is 1. The van der Waals surface area contributed by atoms with Crippen LogP contribution in [0.1, 0.15) is 16.1 Å². The average Bonchev–Trinajstić information content (AvgIpc) is 2.91. The predicted octanol–water partition coefficient (Wildman–Crippen LogP) is 3.13. The molecule has 21 heavy (non-hydrogen) atoms. The lowest BCUT2D eigenvalue weighted by atomic mass is 10.2. The van der Waals surface area contributed by atoms with Crippen molar-refractivity contribution in [1.29, 1.82) is 0 Å². The van der Waals surface area contributed by atoms with Crippen molar-refractivity contribution in [2.75, 3.05) is 12.4 Å². The van der Waals surface area contributed by atoms with Crippen LogP contribution >= 0.6 is 0 Å². The normalized spacial score (nSPS) is 10.6. The van der Waals surface area contributed by atoms with Crippen molar-refractivity contribution in [3.05, 3.63) is 53.9 Å². The first-order valence-electron chi connectivity index (χ1n) is 6.57. The second-order valence-corrected chi connectivity index (χ2v) is 4.78. The molecular weight excluding hydrogens is 266 g/mol. The second-order valence-electron chi connectivity index (χ2n) is 4.78. The van der Waals surface area contributed by atoms with Crippen molar-refractivity contribution in [3.63, 3.8) is 0 Å². The SMILES string of the molecule is COc1ccc(C)cc1NC(=O)c1cc2ncccc2[nH]1. The number of carbonyl (C=O) groups excluding carboxylic acids is 1. The number of nitrogens with zero attached hydrogens (tertiary/aromatic N) is 1. The molecule has 2 heterocycles. The van der Waals surface area contributed by atoms with E-state index < -0.39 is 0 Å². The summed E-state index contributed by atoms with van der Waals surface area (Å²) in [6, 6.07) is 11.1. The number of aromatic nitrogens is 2. The van der Waals surface area contributed by atoms with E-state index in [0.717, 1.165) is 16.6 Å². The molecule has 0 fully saturated rings. The van der Waals surface area contributed by atoms with Gasteiger partial charge in [-0.3, -0.25) is 9.78 Å². The number of rotatable bonds is 3. The molecule has 2 N–H and O–H groups in total. The molecule has 1 amide bonds. The van der Waals surface area contributed by atoms with Gasteiger partial charge in [0.25, 0.3) is 5.91 Å². The molecule has 5 nitrogen and oxygen atoms in total. The first kappa shape index (κ1) is 13.2. The number of pyridine rings is 1. The summed E-state index contributed by atoms with van der Waals surface area (Å²) in [5.41, 5.74) is 3.75. The first-order valence-corrected chi connectivity index (χ1v) is 6.57. The molecule has 0 bridgehead atoms. The summed E-state index contributed by atoms with van der Waals surface area (Å²) in [7, 11) is 1.58. The lowest BCUT2D eigenvalue weighted by Crippen LogP contribution is -2.13. The molecule has 3 aromatic rings. The monoisotopic (exact) mass is 281 g/mol. The quantitative estimate of drug-likeness (QED) is 0.775. The molecule has 2 aromatic heterocycles. The summed E-state index contributed by atoms with van der Waals surface area (Å²) < 4.78 is 5.26. The van der Waals surface area contributed by atoms with E-state index in [4.69, 9.17) is 4.74 Å². The van der Waals surface area contributed by atoms with E-state index >= 15 is 0 Å². The fourth-order valence-electron chi connectivity index (χ4n) is 2.19. The molecular formula is C16H15N3O2. The smallest absolute Gasteiger partial charge is 0.272 e. The number of hydrogen-bond donors (Lipinski definition) is 2. The zero-order valence-corrected chi connectivity index (χ0v) is 11.8. The molecule has 0 saturated heterocycles. The molecule has 106 valence electrons. The molecule has 0 aliphatic rings. The maximum atomic E-state index is 12.3. The number of ether oxygens (including phenoxy) is 1. The summed E-state index contributed by atoms with van der Waals surface area (Å²) in [6.07, 6.45) is 1.70. The van der Waals surface area contributed by atoms with Gasteiger partial charge in [-0.05, 0) is 42.8 Å². The molecule has 0 aliphatic carbocycles. The van der Waals surface area contributed by atoms with Gasteiger partial charge in [0.2, 0.25) is 0 Å². The summed E-state index contributed by atoms with van der Waals surface area (Å²) in [5, 5.41) is 2.86. The van der Waals surface area contributed by atoms with Gasteiger partial charge < -0.3 is 15.0 Å².